The highest BCUT2D eigenvalue weighted by Crippen LogP contribution is 2.44. The molecule has 0 fully saturated rings. The second kappa shape index (κ2) is 11.8. The van der Waals surface area contributed by atoms with Gasteiger partial charge in [0.05, 0.1) is 40.5 Å². The first-order chi connectivity index (χ1) is 18.9. The molecule has 0 aliphatic carbocycles. The van der Waals surface area contributed by atoms with E-state index in [9.17, 15) is 19.8 Å². The molecule has 1 atom stereocenters. The number of aromatic nitrogens is 3. The van der Waals surface area contributed by atoms with Crippen LogP contribution in [-0.4, -0.2) is 50.3 Å². The molecule has 5 rings (SSSR count). The SMILES string of the molecule is CCOCCc1csc(C2=CNC(c3ccnc(-c4cc(C(=O)O)cc(-c5cc(C(=O)O)ccn5)n4)c3)S2)c1. The molecule has 0 spiro atoms. The highest BCUT2D eigenvalue weighted by molar-refractivity contribution is 8.08. The van der Waals surface area contributed by atoms with Crippen LogP contribution in [0.4, 0.5) is 0 Å². The molecule has 4 aromatic heterocycles. The Hall–Kier alpha value is -4.06. The zero-order valence-corrected chi connectivity index (χ0v) is 22.5. The highest BCUT2D eigenvalue weighted by Gasteiger charge is 2.22. The van der Waals surface area contributed by atoms with Gasteiger partial charge in [-0.05, 0) is 72.3 Å². The minimum atomic E-state index is -1.14. The van der Waals surface area contributed by atoms with Crippen LogP contribution in [0.1, 0.15) is 49.0 Å². The van der Waals surface area contributed by atoms with Gasteiger partial charge in [0, 0.05) is 35.0 Å². The van der Waals surface area contributed by atoms with Crippen LogP contribution in [0.15, 0.2) is 66.4 Å². The van der Waals surface area contributed by atoms with Gasteiger partial charge >= 0.3 is 11.9 Å². The van der Waals surface area contributed by atoms with Crippen molar-refractivity contribution < 1.29 is 24.5 Å². The van der Waals surface area contributed by atoms with Gasteiger partial charge in [0.25, 0.3) is 0 Å². The molecule has 0 radical (unpaired) electrons. The Balaban J connectivity index is 1.39. The van der Waals surface area contributed by atoms with Crippen LogP contribution in [-0.2, 0) is 11.2 Å². The maximum atomic E-state index is 11.9. The van der Waals surface area contributed by atoms with Gasteiger partial charge in [-0.1, -0.05) is 11.8 Å². The van der Waals surface area contributed by atoms with Crippen molar-refractivity contribution >= 4 is 39.9 Å². The lowest BCUT2D eigenvalue weighted by Crippen LogP contribution is -2.07. The van der Waals surface area contributed by atoms with Gasteiger partial charge in [-0.2, -0.15) is 0 Å². The number of pyridine rings is 3. The van der Waals surface area contributed by atoms with E-state index in [1.165, 1.54) is 40.9 Å². The van der Waals surface area contributed by atoms with E-state index in [1.807, 2.05) is 25.3 Å². The fraction of sp³-hybridized carbons (Fsp3) is 0.179. The van der Waals surface area contributed by atoms with E-state index in [0.29, 0.717) is 24.6 Å². The summed E-state index contributed by atoms with van der Waals surface area (Å²) in [5, 5.41) is 24.6. The van der Waals surface area contributed by atoms with Crippen LogP contribution in [0.2, 0.25) is 0 Å². The molecule has 39 heavy (non-hydrogen) atoms. The molecule has 5 heterocycles. The monoisotopic (exact) mass is 560 g/mol. The number of carboxylic acid groups (broad SMARTS) is 2. The molecular weight excluding hydrogens is 536 g/mol. The Kier molecular flexibility index (Phi) is 8.01. The Labute approximate surface area is 232 Å². The molecule has 11 heteroatoms. The Morgan fingerprint density at radius 1 is 0.949 bits per heavy atom. The molecule has 0 saturated carbocycles. The number of thiophene rings is 1. The van der Waals surface area contributed by atoms with Crippen molar-refractivity contribution in [2.45, 2.75) is 18.7 Å². The van der Waals surface area contributed by atoms with Crippen molar-refractivity contribution in [2.75, 3.05) is 13.2 Å². The lowest BCUT2D eigenvalue weighted by molar-refractivity contribution is 0.0686. The first-order valence-electron chi connectivity index (χ1n) is 12.1. The van der Waals surface area contributed by atoms with Gasteiger partial charge in [-0.3, -0.25) is 9.97 Å². The van der Waals surface area contributed by atoms with Gasteiger partial charge < -0.3 is 20.3 Å². The number of aromatic carboxylic acids is 2. The largest absolute Gasteiger partial charge is 0.478 e. The average Bonchev–Trinajstić information content (AvgIpc) is 3.63. The fourth-order valence-corrected chi connectivity index (χ4v) is 6.11. The lowest BCUT2D eigenvalue weighted by atomic mass is 10.1. The summed E-state index contributed by atoms with van der Waals surface area (Å²) in [7, 11) is 0. The van der Waals surface area contributed by atoms with Crippen LogP contribution >= 0.6 is 23.1 Å². The number of carboxylic acids is 2. The summed E-state index contributed by atoms with van der Waals surface area (Å²) in [5.41, 5.74) is 3.59. The van der Waals surface area contributed by atoms with Gasteiger partial charge in [-0.25, -0.2) is 14.6 Å². The third-order valence-electron chi connectivity index (χ3n) is 5.94. The first kappa shape index (κ1) is 26.5. The van der Waals surface area contributed by atoms with E-state index in [2.05, 4.69) is 31.7 Å². The second-order valence-electron chi connectivity index (χ2n) is 8.58. The third-order valence-corrected chi connectivity index (χ3v) is 8.31. The highest BCUT2D eigenvalue weighted by atomic mass is 32.2. The molecule has 0 amide bonds. The molecule has 0 aromatic carbocycles. The van der Waals surface area contributed by atoms with Crippen molar-refractivity contribution in [2.24, 2.45) is 0 Å². The molecule has 4 aromatic rings. The van der Waals surface area contributed by atoms with E-state index in [1.54, 1.807) is 29.3 Å². The summed E-state index contributed by atoms with van der Waals surface area (Å²) < 4.78 is 5.46. The summed E-state index contributed by atoms with van der Waals surface area (Å²) >= 11 is 3.40. The van der Waals surface area contributed by atoms with Crippen LogP contribution in [0.25, 0.3) is 27.7 Å². The zero-order chi connectivity index (χ0) is 27.4. The molecule has 9 nitrogen and oxygen atoms in total. The normalized spacial score (nSPS) is 14.6. The summed E-state index contributed by atoms with van der Waals surface area (Å²) in [6.07, 6.45) is 5.92. The summed E-state index contributed by atoms with van der Waals surface area (Å²) in [5.74, 6) is -2.25. The van der Waals surface area contributed by atoms with Crippen LogP contribution in [0, 0.1) is 0 Å². The number of carbonyl (C=O) groups is 2. The van der Waals surface area contributed by atoms with Crippen molar-refractivity contribution in [3.05, 3.63) is 93.6 Å². The van der Waals surface area contributed by atoms with E-state index < -0.39 is 11.9 Å². The molecule has 0 bridgehead atoms. The summed E-state index contributed by atoms with van der Waals surface area (Å²) in [6.45, 7) is 3.41. The standard InChI is InChI=1S/C28H24N4O5S2/c1-2-37-8-5-16-9-24(38-15-16)25-14-31-26(39-25)17-3-6-29-20(10-17)22-12-19(28(35)36)13-23(32-22)21-11-18(27(33)34)4-7-30-21/h3-4,6-7,9-15,26,31H,2,5,8H2,1H3,(H,33,34)(H,35,36). The molecule has 3 N–H and O–H groups in total. The average molecular weight is 561 g/mol. The number of nitrogens with one attached hydrogen (secondary N) is 1. The van der Waals surface area contributed by atoms with E-state index in [0.717, 1.165) is 16.9 Å². The smallest absolute Gasteiger partial charge is 0.335 e. The predicted octanol–water partition coefficient (Wildman–Crippen LogP) is 5.58. The van der Waals surface area contributed by atoms with Crippen LogP contribution in [0.3, 0.4) is 0 Å². The van der Waals surface area contributed by atoms with Crippen LogP contribution < -0.4 is 5.32 Å². The van der Waals surface area contributed by atoms with Gasteiger partial charge in [0.15, 0.2) is 0 Å². The van der Waals surface area contributed by atoms with E-state index >= 15 is 0 Å². The molecule has 0 saturated heterocycles. The molecule has 198 valence electrons. The lowest BCUT2D eigenvalue weighted by Gasteiger charge is -2.13. The number of ether oxygens (including phenoxy) is 1. The molecule has 1 aliphatic rings. The quantitative estimate of drug-likeness (QED) is 0.211. The van der Waals surface area contributed by atoms with Crippen molar-refractivity contribution in [3.63, 3.8) is 0 Å². The van der Waals surface area contributed by atoms with E-state index in [-0.39, 0.29) is 27.9 Å². The number of hydrogen-bond acceptors (Lipinski definition) is 9. The molecule has 1 aliphatic heterocycles. The van der Waals surface area contributed by atoms with E-state index in [4.69, 9.17) is 4.74 Å². The number of hydrogen-bond donors (Lipinski definition) is 3. The van der Waals surface area contributed by atoms with Crippen molar-refractivity contribution in [1.82, 2.24) is 20.3 Å². The third kappa shape index (κ3) is 6.17. The molecule has 1 unspecified atom stereocenters. The van der Waals surface area contributed by atoms with Gasteiger partial charge in [-0.15, -0.1) is 11.3 Å². The number of thioether (sulfide) groups is 1. The predicted molar refractivity (Wildman–Crippen MR) is 151 cm³/mol. The number of rotatable bonds is 10. The van der Waals surface area contributed by atoms with Gasteiger partial charge in [0.2, 0.25) is 0 Å². The zero-order valence-electron chi connectivity index (χ0n) is 20.8. The van der Waals surface area contributed by atoms with Crippen molar-refractivity contribution in [3.8, 4) is 22.8 Å². The summed E-state index contributed by atoms with van der Waals surface area (Å²) in [4.78, 5) is 38.9. The fourth-order valence-electron chi connectivity index (χ4n) is 3.98. The molecular formula is C28H24N4O5S2. The Morgan fingerprint density at radius 2 is 1.64 bits per heavy atom. The number of nitrogens with zero attached hydrogens (tertiary/aromatic N) is 3. The first-order valence-corrected chi connectivity index (χ1v) is 13.9. The summed E-state index contributed by atoms with van der Waals surface area (Å²) in [6, 6.07) is 11.5. The topological polar surface area (TPSA) is 135 Å². The minimum absolute atomic E-state index is 0.000105. The maximum Gasteiger partial charge on any atom is 0.335 e. The Morgan fingerprint density at radius 3 is 2.36 bits per heavy atom. The maximum absolute atomic E-state index is 11.9. The second-order valence-corrected chi connectivity index (χ2v) is 10.6. The Bertz CT molecular complexity index is 1570. The van der Waals surface area contributed by atoms with Crippen molar-refractivity contribution in [1.29, 1.82) is 0 Å². The minimum Gasteiger partial charge on any atom is -0.478 e. The van der Waals surface area contributed by atoms with Crippen LogP contribution in [0.5, 0.6) is 0 Å². The van der Waals surface area contributed by atoms with Gasteiger partial charge in [0.1, 0.15) is 5.37 Å².